The first kappa shape index (κ1) is 12.9. The van der Waals surface area contributed by atoms with E-state index in [0.29, 0.717) is 11.5 Å². The molecule has 0 amide bonds. The van der Waals surface area contributed by atoms with Crippen molar-refractivity contribution in [2.45, 2.75) is 52.5 Å². The smallest absolute Gasteiger partial charge is 0.306 e. The van der Waals surface area contributed by atoms with Crippen LogP contribution in [-0.2, 0) is 4.79 Å². The third-order valence-corrected chi connectivity index (χ3v) is 5.21. The zero-order valence-electron chi connectivity index (χ0n) is 11.3. The monoisotopic (exact) mass is 239 g/mol. The molecule has 0 radical (unpaired) electrons. The minimum Gasteiger partial charge on any atom is -0.481 e. The predicted molar refractivity (Wildman–Crippen MR) is 67.9 cm³/mol. The lowest BCUT2D eigenvalue weighted by Crippen LogP contribution is -2.40. The average molecular weight is 239 g/mol. The van der Waals surface area contributed by atoms with E-state index in [1.54, 1.807) is 0 Å². The van der Waals surface area contributed by atoms with Crippen molar-refractivity contribution in [1.29, 1.82) is 0 Å². The Morgan fingerprint density at radius 2 is 2.12 bits per heavy atom. The zero-order chi connectivity index (χ0) is 12.6. The van der Waals surface area contributed by atoms with E-state index in [-0.39, 0.29) is 5.92 Å². The van der Waals surface area contributed by atoms with Crippen molar-refractivity contribution in [1.82, 2.24) is 4.90 Å². The second-order valence-electron chi connectivity index (χ2n) is 6.48. The maximum atomic E-state index is 11.1. The Bertz CT molecular complexity index is 301. The van der Waals surface area contributed by atoms with E-state index in [1.165, 1.54) is 19.4 Å². The van der Waals surface area contributed by atoms with Gasteiger partial charge in [0.15, 0.2) is 0 Å². The molecule has 2 aliphatic rings. The lowest BCUT2D eigenvalue weighted by molar-refractivity contribution is -0.143. The molecule has 3 atom stereocenters. The second-order valence-corrected chi connectivity index (χ2v) is 6.48. The minimum atomic E-state index is -0.595. The van der Waals surface area contributed by atoms with E-state index in [0.717, 1.165) is 25.3 Å². The van der Waals surface area contributed by atoms with Gasteiger partial charge in [0, 0.05) is 12.6 Å². The number of carboxylic acids is 1. The lowest BCUT2D eigenvalue weighted by atomic mass is 9.75. The number of piperidine rings is 1. The number of hydrogen-bond donors (Lipinski definition) is 1. The quantitative estimate of drug-likeness (QED) is 0.823. The van der Waals surface area contributed by atoms with Gasteiger partial charge in [0.1, 0.15) is 0 Å². The average Bonchev–Trinajstić information content (AvgIpc) is 2.72. The van der Waals surface area contributed by atoms with Gasteiger partial charge in [-0.1, -0.05) is 27.2 Å². The standard InChI is InChI=1S/C14H25NO2/c1-4-14(2,3)11-8-12-7-10(13(16)17)5-6-15(12)9-11/h10-12H,4-9H2,1-3H3,(H,16,17). The van der Waals surface area contributed by atoms with Gasteiger partial charge in [-0.15, -0.1) is 0 Å². The first-order valence-electron chi connectivity index (χ1n) is 6.91. The molecule has 0 saturated carbocycles. The normalized spacial score (nSPS) is 34.6. The van der Waals surface area contributed by atoms with Crippen LogP contribution < -0.4 is 0 Å². The summed E-state index contributed by atoms with van der Waals surface area (Å²) < 4.78 is 0. The summed E-state index contributed by atoms with van der Waals surface area (Å²) in [5.74, 6) is 0.0487. The molecule has 3 unspecified atom stereocenters. The SMILES string of the molecule is CCC(C)(C)C1CC2CC(C(=O)O)CCN2C1. The van der Waals surface area contributed by atoms with Gasteiger partial charge < -0.3 is 10.0 Å². The van der Waals surface area contributed by atoms with E-state index in [2.05, 4.69) is 25.7 Å². The fraction of sp³-hybridized carbons (Fsp3) is 0.929. The third kappa shape index (κ3) is 2.49. The number of rotatable bonds is 3. The van der Waals surface area contributed by atoms with Gasteiger partial charge in [-0.05, 0) is 37.1 Å². The van der Waals surface area contributed by atoms with Crippen LogP contribution in [0.2, 0.25) is 0 Å². The fourth-order valence-electron chi connectivity index (χ4n) is 3.35. The zero-order valence-corrected chi connectivity index (χ0v) is 11.3. The van der Waals surface area contributed by atoms with E-state index < -0.39 is 5.97 Å². The molecule has 0 aromatic carbocycles. The Morgan fingerprint density at radius 1 is 1.41 bits per heavy atom. The third-order valence-electron chi connectivity index (χ3n) is 5.21. The molecule has 1 N–H and O–H groups in total. The highest BCUT2D eigenvalue weighted by atomic mass is 16.4. The molecule has 3 nitrogen and oxygen atoms in total. The Labute approximate surface area is 104 Å². The number of fused-ring (bicyclic) bond motifs is 1. The largest absolute Gasteiger partial charge is 0.481 e. The van der Waals surface area contributed by atoms with Crippen LogP contribution in [0.4, 0.5) is 0 Å². The van der Waals surface area contributed by atoms with Crippen LogP contribution in [0.15, 0.2) is 0 Å². The van der Waals surface area contributed by atoms with Gasteiger partial charge in [-0.2, -0.15) is 0 Å². The number of hydrogen-bond acceptors (Lipinski definition) is 2. The van der Waals surface area contributed by atoms with Crippen LogP contribution in [0.1, 0.15) is 46.5 Å². The molecule has 0 aliphatic carbocycles. The van der Waals surface area contributed by atoms with Crippen molar-refractivity contribution in [2.75, 3.05) is 13.1 Å². The molecule has 98 valence electrons. The number of carbonyl (C=O) groups is 1. The predicted octanol–water partition coefficient (Wildman–Crippen LogP) is 2.61. The molecule has 2 saturated heterocycles. The van der Waals surface area contributed by atoms with Crippen molar-refractivity contribution >= 4 is 5.97 Å². The molecule has 2 rings (SSSR count). The highest BCUT2D eigenvalue weighted by Crippen LogP contribution is 2.42. The summed E-state index contributed by atoms with van der Waals surface area (Å²) in [6.07, 6.45) is 4.11. The summed E-state index contributed by atoms with van der Waals surface area (Å²) in [6, 6.07) is 0.528. The molecule has 0 spiro atoms. The maximum Gasteiger partial charge on any atom is 0.306 e. The van der Waals surface area contributed by atoms with Crippen LogP contribution in [0.25, 0.3) is 0 Å². The molecule has 2 heterocycles. The van der Waals surface area contributed by atoms with Crippen LogP contribution >= 0.6 is 0 Å². The minimum absolute atomic E-state index is 0.0975. The van der Waals surface area contributed by atoms with Gasteiger partial charge >= 0.3 is 5.97 Å². The van der Waals surface area contributed by atoms with E-state index >= 15 is 0 Å². The molecular formula is C14H25NO2. The van der Waals surface area contributed by atoms with Crippen LogP contribution in [-0.4, -0.2) is 35.1 Å². The number of carboxylic acid groups (broad SMARTS) is 1. The molecule has 2 fully saturated rings. The summed E-state index contributed by atoms with van der Waals surface area (Å²) >= 11 is 0. The Hall–Kier alpha value is -0.570. The highest BCUT2D eigenvalue weighted by molar-refractivity contribution is 5.70. The van der Waals surface area contributed by atoms with Crippen molar-refractivity contribution < 1.29 is 9.90 Å². The Kier molecular flexibility index (Phi) is 3.48. The maximum absolute atomic E-state index is 11.1. The van der Waals surface area contributed by atoms with Crippen molar-refractivity contribution in [3.63, 3.8) is 0 Å². The van der Waals surface area contributed by atoms with Gasteiger partial charge in [0.05, 0.1) is 5.92 Å². The summed E-state index contributed by atoms with van der Waals surface area (Å²) in [7, 11) is 0. The fourth-order valence-corrected chi connectivity index (χ4v) is 3.35. The van der Waals surface area contributed by atoms with Crippen molar-refractivity contribution in [3.05, 3.63) is 0 Å². The molecule has 0 aromatic heterocycles. The topological polar surface area (TPSA) is 40.5 Å². The van der Waals surface area contributed by atoms with Crippen molar-refractivity contribution in [3.8, 4) is 0 Å². The summed E-state index contributed by atoms with van der Waals surface area (Å²) in [5, 5.41) is 9.11. The lowest BCUT2D eigenvalue weighted by Gasteiger charge is -2.32. The molecule has 0 aromatic rings. The first-order valence-corrected chi connectivity index (χ1v) is 6.91. The van der Waals surface area contributed by atoms with Crippen LogP contribution in [0.5, 0.6) is 0 Å². The van der Waals surface area contributed by atoms with Crippen LogP contribution in [0.3, 0.4) is 0 Å². The van der Waals surface area contributed by atoms with E-state index in [4.69, 9.17) is 5.11 Å². The summed E-state index contributed by atoms with van der Waals surface area (Å²) in [5.41, 5.74) is 0.399. The Balaban J connectivity index is 1.99. The first-order chi connectivity index (χ1) is 7.94. The van der Waals surface area contributed by atoms with E-state index in [1.807, 2.05) is 0 Å². The molecule has 17 heavy (non-hydrogen) atoms. The molecule has 0 bridgehead atoms. The molecule has 2 aliphatic heterocycles. The molecular weight excluding hydrogens is 214 g/mol. The van der Waals surface area contributed by atoms with Gasteiger partial charge in [0.25, 0.3) is 0 Å². The van der Waals surface area contributed by atoms with E-state index in [9.17, 15) is 4.79 Å². The molecule has 3 heteroatoms. The van der Waals surface area contributed by atoms with Crippen molar-refractivity contribution in [2.24, 2.45) is 17.3 Å². The summed E-state index contributed by atoms with van der Waals surface area (Å²) in [6.45, 7) is 9.13. The second kappa shape index (κ2) is 4.60. The van der Waals surface area contributed by atoms with Gasteiger partial charge in [-0.25, -0.2) is 0 Å². The number of aliphatic carboxylic acids is 1. The highest BCUT2D eigenvalue weighted by Gasteiger charge is 2.43. The number of nitrogens with zero attached hydrogens (tertiary/aromatic N) is 1. The summed E-state index contributed by atoms with van der Waals surface area (Å²) in [4.78, 5) is 13.6. The van der Waals surface area contributed by atoms with Gasteiger partial charge in [0.2, 0.25) is 0 Å². The van der Waals surface area contributed by atoms with Crippen LogP contribution in [0, 0.1) is 17.3 Å². The Morgan fingerprint density at radius 3 is 2.71 bits per heavy atom. The van der Waals surface area contributed by atoms with Gasteiger partial charge in [-0.3, -0.25) is 4.79 Å².